The summed E-state index contributed by atoms with van der Waals surface area (Å²) in [6.45, 7) is 5.18. The van der Waals surface area contributed by atoms with Gasteiger partial charge in [0.2, 0.25) is 0 Å². The van der Waals surface area contributed by atoms with Gasteiger partial charge in [-0.1, -0.05) is 18.7 Å². The van der Waals surface area contributed by atoms with Gasteiger partial charge in [-0.05, 0) is 25.1 Å². The molecule has 0 aliphatic carbocycles. The average Bonchev–Trinajstić information content (AvgIpc) is 2.54. The number of para-hydroxylation sites is 1. The number of carbonyl (C=O) groups excluding carboxylic acids is 2. The molecule has 6 nitrogen and oxygen atoms in total. The Balaban J connectivity index is 2.61. The van der Waals surface area contributed by atoms with Crippen molar-refractivity contribution in [3.63, 3.8) is 0 Å². The van der Waals surface area contributed by atoms with Crippen LogP contribution in [0.4, 0.5) is 0 Å². The zero-order valence-corrected chi connectivity index (χ0v) is 12.4. The SMILES string of the molecule is C=CC(=O)Oc1c(C=CC(=O)OCC)c(=O)oc2ccccc12. The van der Waals surface area contributed by atoms with Crippen LogP contribution in [0.1, 0.15) is 12.5 Å². The molecule has 0 aliphatic rings. The molecule has 1 aromatic carbocycles. The molecule has 0 radical (unpaired) electrons. The molecule has 0 N–H and O–H groups in total. The maximum Gasteiger partial charge on any atom is 0.347 e. The van der Waals surface area contributed by atoms with Crippen LogP contribution in [0.3, 0.4) is 0 Å². The number of fused-ring (bicyclic) bond motifs is 1. The van der Waals surface area contributed by atoms with Crippen molar-refractivity contribution in [1.82, 2.24) is 0 Å². The first kappa shape index (κ1) is 16.2. The van der Waals surface area contributed by atoms with Gasteiger partial charge in [-0.2, -0.15) is 0 Å². The monoisotopic (exact) mass is 314 g/mol. The first-order valence-corrected chi connectivity index (χ1v) is 6.81. The molecule has 2 rings (SSSR count). The van der Waals surface area contributed by atoms with Crippen LogP contribution in [-0.4, -0.2) is 18.5 Å². The van der Waals surface area contributed by atoms with Crippen LogP contribution in [0.25, 0.3) is 17.0 Å². The molecular formula is C17H14O6. The fraction of sp³-hybridized carbons (Fsp3) is 0.118. The maximum absolute atomic E-state index is 12.1. The normalized spacial score (nSPS) is 10.7. The third-order valence-corrected chi connectivity index (χ3v) is 2.84. The van der Waals surface area contributed by atoms with E-state index in [2.05, 4.69) is 6.58 Å². The lowest BCUT2D eigenvalue weighted by Gasteiger charge is -2.08. The minimum Gasteiger partial charge on any atom is -0.463 e. The molecule has 6 heteroatoms. The second kappa shape index (κ2) is 7.22. The molecular weight excluding hydrogens is 300 g/mol. The Bertz CT molecular complexity index is 844. The van der Waals surface area contributed by atoms with Crippen LogP contribution in [0.5, 0.6) is 5.75 Å². The first-order chi connectivity index (χ1) is 11.1. The lowest BCUT2D eigenvalue weighted by molar-refractivity contribution is -0.137. The predicted octanol–water partition coefficient (Wildman–Crippen LogP) is 2.46. The molecule has 118 valence electrons. The van der Waals surface area contributed by atoms with E-state index in [-0.39, 0.29) is 23.5 Å². The summed E-state index contributed by atoms with van der Waals surface area (Å²) in [4.78, 5) is 35.1. The van der Waals surface area contributed by atoms with Crippen molar-refractivity contribution < 1.29 is 23.5 Å². The van der Waals surface area contributed by atoms with Gasteiger partial charge in [-0.15, -0.1) is 0 Å². The summed E-state index contributed by atoms with van der Waals surface area (Å²) in [6, 6.07) is 6.58. The van der Waals surface area contributed by atoms with Crippen LogP contribution in [0.15, 0.2) is 52.2 Å². The highest BCUT2D eigenvalue weighted by Crippen LogP contribution is 2.28. The summed E-state index contributed by atoms with van der Waals surface area (Å²) in [5.74, 6) is -1.35. The van der Waals surface area contributed by atoms with Crippen molar-refractivity contribution in [3.05, 3.63) is 59.0 Å². The smallest absolute Gasteiger partial charge is 0.347 e. The second-order valence-electron chi connectivity index (χ2n) is 4.34. The van der Waals surface area contributed by atoms with Gasteiger partial charge < -0.3 is 13.9 Å². The number of ether oxygens (including phenoxy) is 2. The highest BCUT2D eigenvalue weighted by atomic mass is 16.5. The van der Waals surface area contributed by atoms with Gasteiger partial charge in [0, 0.05) is 12.2 Å². The van der Waals surface area contributed by atoms with Crippen molar-refractivity contribution in [3.8, 4) is 5.75 Å². The third-order valence-electron chi connectivity index (χ3n) is 2.84. The number of hydrogen-bond donors (Lipinski definition) is 0. The Morgan fingerprint density at radius 3 is 2.70 bits per heavy atom. The van der Waals surface area contributed by atoms with Gasteiger partial charge in [-0.25, -0.2) is 14.4 Å². The van der Waals surface area contributed by atoms with E-state index in [1.807, 2.05) is 0 Å². The van der Waals surface area contributed by atoms with Crippen LogP contribution >= 0.6 is 0 Å². The lowest BCUT2D eigenvalue weighted by atomic mass is 10.1. The van der Waals surface area contributed by atoms with Gasteiger partial charge in [-0.3, -0.25) is 0 Å². The molecule has 0 amide bonds. The predicted molar refractivity (Wildman–Crippen MR) is 84.0 cm³/mol. The van der Waals surface area contributed by atoms with Gasteiger partial charge in [0.1, 0.15) is 11.1 Å². The highest BCUT2D eigenvalue weighted by molar-refractivity contribution is 5.94. The zero-order valence-electron chi connectivity index (χ0n) is 12.4. The summed E-state index contributed by atoms with van der Waals surface area (Å²) >= 11 is 0. The second-order valence-corrected chi connectivity index (χ2v) is 4.34. The average molecular weight is 314 g/mol. The standard InChI is InChI=1S/C17H14O6/c1-3-14(18)23-16-11-7-5-6-8-13(11)22-17(20)12(16)9-10-15(19)21-4-2/h3,5-10H,1,4H2,2H3. The molecule has 0 unspecified atom stereocenters. The van der Waals surface area contributed by atoms with Crippen LogP contribution in [-0.2, 0) is 14.3 Å². The molecule has 23 heavy (non-hydrogen) atoms. The highest BCUT2D eigenvalue weighted by Gasteiger charge is 2.16. The number of benzene rings is 1. The fourth-order valence-electron chi connectivity index (χ4n) is 1.87. The summed E-state index contributed by atoms with van der Waals surface area (Å²) in [6.07, 6.45) is 3.24. The van der Waals surface area contributed by atoms with Crippen LogP contribution < -0.4 is 10.4 Å². The molecule has 1 heterocycles. The van der Waals surface area contributed by atoms with Crippen molar-refractivity contribution in [2.75, 3.05) is 6.61 Å². The van der Waals surface area contributed by atoms with E-state index in [1.165, 1.54) is 6.08 Å². The maximum atomic E-state index is 12.1. The van der Waals surface area contributed by atoms with Gasteiger partial charge >= 0.3 is 17.6 Å². The van der Waals surface area contributed by atoms with Crippen molar-refractivity contribution >= 4 is 29.0 Å². The van der Waals surface area contributed by atoms with Gasteiger partial charge in [0.05, 0.1) is 12.0 Å². The minimum absolute atomic E-state index is 0.00213. The van der Waals surface area contributed by atoms with E-state index in [1.54, 1.807) is 31.2 Å². The summed E-state index contributed by atoms with van der Waals surface area (Å²) in [5, 5.41) is 0.422. The lowest BCUT2D eigenvalue weighted by Crippen LogP contribution is -2.11. The summed E-state index contributed by atoms with van der Waals surface area (Å²) < 4.78 is 15.1. The quantitative estimate of drug-likeness (QED) is 0.479. The van der Waals surface area contributed by atoms with Crippen LogP contribution in [0.2, 0.25) is 0 Å². The van der Waals surface area contributed by atoms with Crippen molar-refractivity contribution in [1.29, 1.82) is 0 Å². The van der Waals surface area contributed by atoms with E-state index in [4.69, 9.17) is 13.9 Å². The molecule has 2 aromatic rings. The van der Waals surface area contributed by atoms with Crippen LogP contribution in [0, 0.1) is 0 Å². The van der Waals surface area contributed by atoms with Crippen molar-refractivity contribution in [2.45, 2.75) is 6.92 Å². The molecule has 0 bridgehead atoms. The first-order valence-electron chi connectivity index (χ1n) is 6.81. The molecule has 0 saturated carbocycles. The number of hydrogen-bond acceptors (Lipinski definition) is 6. The molecule has 0 spiro atoms. The number of esters is 2. The Labute approximate surface area is 131 Å². The van der Waals surface area contributed by atoms with E-state index in [0.717, 1.165) is 12.2 Å². The topological polar surface area (TPSA) is 82.8 Å². The Hall–Kier alpha value is -3.15. The molecule has 0 atom stereocenters. The fourth-order valence-corrected chi connectivity index (χ4v) is 1.87. The largest absolute Gasteiger partial charge is 0.463 e. The Kier molecular flexibility index (Phi) is 5.09. The number of carbonyl (C=O) groups is 2. The Morgan fingerprint density at radius 2 is 2.00 bits per heavy atom. The number of rotatable bonds is 5. The van der Waals surface area contributed by atoms with Gasteiger partial charge in [0.15, 0.2) is 5.75 Å². The van der Waals surface area contributed by atoms with Gasteiger partial charge in [0.25, 0.3) is 0 Å². The van der Waals surface area contributed by atoms with E-state index in [9.17, 15) is 14.4 Å². The van der Waals surface area contributed by atoms with E-state index < -0.39 is 17.6 Å². The molecule has 0 aliphatic heterocycles. The Morgan fingerprint density at radius 1 is 1.26 bits per heavy atom. The zero-order chi connectivity index (χ0) is 16.8. The molecule has 1 aromatic heterocycles. The van der Waals surface area contributed by atoms with Crippen molar-refractivity contribution in [2.24, 2.45) is 0 Å². The third kappa shape index (κ3) is 3.74. The van der Waals surface area contributed by atoms with E-state index in [0.29, 0.717) is 5.39 Å². The molecule has 0 fully saturated rings. The molecule has 0 saturated heterocycles. The van der Waals surface area contributed by atoms with E-state index >= 15 is 0 Å². The minimum atomic E-state index is -0.740. The summed E-state index contributed by atoms with van der Waals surface area (Å²) in [7, 11) is 0. The summed E-state index contributed by atoms with van der Waals surface area (Å²) in [5.41, 5.74) is -0.541.